The summed E-state index contributed by atoms with van der Waals surface area (Å²) in [6, 6.07) is 38.6. The molecule has 8 rings (SSSR count). The molecule has 0 saturated carbocycles. The summed E-state index contributed by atoms with van der Waals surface area (Å²) in [6.07, 6.45) is 26.1. The molecule has 0 radical (unpaired) electrons. The number of aryl methyl sites for hydroxylation is 1. The fourth-order valence-corrected chi connectivity index (χ4v) is 8.50. The molecule has 1 heterocycles. The highest BCUT2D eigenvalue weighted by molar-refractivity contribution is 6.13. The van der Waals surface area contributed by atoms with Crippen LogP contribution in [0.25, 0.3) is 39.4 Å². The van der Waals surface area contributed by atoms with E-state index in [4.69, 9.17) is 16.4 Å². The summed E-state index contributed by atoms with van der Waals surface area (Å²) >= 11 is 0. The quantitative estimate of drug-likeness (QED) is 0.0389. The molecule has 4 heteroatoms. The molecule has 61 heavy (non-hydrogen) atoms. The molecule has 1 aromatic heterocycles. The Hall–Kier alpha value is -7.53. The molecule has 0 N–H and O–H groups in total. The highest BCUT2D eigenvalue weighted by Crippen LogP contribution is 2.43. The fourth-order valence-electron chi connectivity index (χ4n) is 8.50. The Balaban J connectivity index is 1.12. The number of nitrogens with zero attached hydrogens (tertiary/aromatic N) is 4. The van der Waals surface area contributed by atoms with Gasteiger partial charge in [-0.25, -0.2) is 9.98 Å². The zero-order valence-corrected chi connectivity index (χ0v) is 35.1. The molecule has 0 fully saturated rings. The third-order valence-electron chi connectivity index (χ3n) is 11.4. The maximum absolute atomic E-state index is 6.05. The topological polar surface area (TPSA) is 42.0 Å². The zero-order chi connectivity index (χ0) is 42.1. The Bertz CT molecular complexity index is 3010. The lowest BCUT2D eigenvalue weighted by atomic mass is 9.92. The van der Waals surface area contributed by atoms with Crippen LogP contribution in [-0.2, 0) is 25.8 Å². The van der Waals surface area contributed by atoms with E-state index >= 15 is 0 Å². The van der Waals surface area contributed by atoms with Crippen molar-refractivity contribution in [3.05, 3.63) is 219 Å². The molecule has 2 aliphatic carbocycles. The molecule has 4 nitrogen and oxygen atoms in total. The van der Waals surface area contributed by atoms with Crippen molar-refractivity contribution in [3.63, 3.8) is 0 Å². The SMILES string of the molecule is C#C/C=C(\C=C/Cc1c(C)cccc1C/N=C(\N=C(/N=C)c1ccccc1)C1=C=C=CC=C1)c1cccc2c1-c1cc(-n3c(CC)c(/C=C\CC)c4ccccc43)ccc1C2. The van der Waals surface area contributed by atoms with Crippen molar-refractivity contribution in [3.8, 4) is 29.2 Å². The first kappa shape index (κ1) is 40.3. The van der Waals surface area contributed by atoms with Crippen molar-refractivity contribution in [1.29, 1.82) is 0 Å². The number of aromatic nitrogens is 1. The first-order valence-electron chi connectivity index (χ1n) is 21.0. The van der Waals surface area contributed by atoms with Gasteiger partial charge in [-0.2, -0.15) is 0 Å². The van der Waals surface area contributed by atoms with Crippen LogP contribution in [0.2, 0.25) is 0 Å². The normalized spacial score (nSPS) is 13.6. The molecule has 2 aliphatic rings. The first-order chi connectivity index (χ1) is 30.0. The van der Waals surface area contributed by atoms with Crippen LogP contribution < -0.4 is 0 Å². The third-order valence-corrected chi connectivity index (χ3v) is 11.4. The van der Waals surface area contributed by atoms with Gasteiger partial charge >= 0.3 is 0 Å². The van der Waals surface area contributed by atoms with E-state index in [1.807, 2.05) is 54.6 Å². The van der Waals surface area contributed by atoms with Gasteiger partial charge in [0, 0.05) is 27.9 Å². The average Bonchev–Trinajstić information content (AvgIpc) is 3.84. The largest absolute Gasteiger partial charge is 0.313 e. The van der Waals surface area contributed by atoms with Crippen molar-refractivity contribution < 1.29 is 0 Å². The number of hydrogen-bond acceptors (Lipinski definition) is 1. The highest BCUT2D eigenvalue weighted by atomic mass is 15.0. The Kier molecular flexibility index (Phi) is 12.3. The maximum Gasteiger partial charge on any atom is 0.165 e. The van der Waals surface area contributed by atoms with Gasteiger partial charge in [-0.3, -0.25) is 4.99 Å². The van der Waals surface area contributed by atoms with Gasteiger partial charge in [0.1, 0.15) is 0 Å². The summed E-state index contributed by atoms with van der Waals surface area (Å²) in [7, 11) is 0. The summed E-state index contributed by atoms with van der Waals surface area (Å²) in [5, 5.41) is 1.28. The molecule has 5 aromatic carbocycles. The van der Waals surface area contributed by atoms with Crippen LogP contribution in [0.3, 0.4) is 0 Å². The highest BCUT2D eigenvalue weighted by Gasteiger charge is 2.24. The van der Waals surface area contributed by atoms with E-state index in [0.29, 0.717) is 24.6 Å². The van der Waals surface area contributed by atoms with E-state index in [-0.39, 0.29) is 0 Å². The van der Waals surface area contributed by atoms with Crippen LogP contribution in [0.5, 0.6) is 0 Å². The van der Waals surface area contributed by atoms with Gasteiger partial charge in [0.2, 0.25) is 0 Å². The minimum absolute atomic E-state index is 0.427. The summed E-state index contributed by atoms with van der Waals surface area (Å²) in [5.41, 5.74) is 23.7. The number of allylic oxidation sites excluding steroid dienone is 7. The predicted molar refractivity (Wildman–Crippen MR) is 259 cm³/mol. The summed E-state index contributed by atoms with van der Waals surface area (Å²) < 4.78 is 2.46. The molecule has 0 bridgehead atoms. The van der Waals surface area contributed by atoms with Gasteiger partial charge in [-0.1, -0.05) is 153 Å². The van der Waals surface area contributed by atoms with E-state index < -0.39 is 0 Å². The molecule has 296 valence electrons. The molecular formula is C57H48N4. The van der Waals surface area contributed by atoms with Gasteiger partial charge in [-0.15, -0.1) is 6.42 Å². The minimum Gasteiger partial charge on any atom is -0.313 e. The van der Waals surface area contributed by atoms with Crippen molar-refractivity contribution in [1.82, 2.24) is 4.57 Å². The van der Waals surface area contributed by atoms with Crippen LogP contribution in [0.4, 0.5) is 0 Å². The Morgan fingerprint density at radius 1 is 0.902 bits per heavy atom. The molecule has 0 aliphatic heterocycles. The van der Waals surface area contributed by atoms with Gasteiger partial charge in [0.25, 0.3) is 0 Å². The number of terminal acetylenes is 1. The Morgan fingerprint density at radius 2 is 1.74 bits per heavy atom. The summed E-state index contributed by atoms with van der Waals surface area (Å²) in [5.74, 6) is 3.88. The van der Waals surface area contributed by atoms with Gasteiger partial charge < -0.3 is 4.57 Å². The first-order valence-corrected chi connectivity index (χ1v) is 21.0. The van der Waals surface area contributed by atoms with E-state index in [9.17, 15) is 0 Å². The predicted octanol–water partition coefficient (Wildman–Crippen LogP) is 13.2. The number of amidine groups is 2. The fraction of sp³-hybridized carbons (Fsp3) is 0.140. The third kappa shape index (κ3) is 8.36. The van der Waals surface area contributed by atoms with Crippen LogP contribution in [0.15, 0.2) is 184 Å². The second kappa shape index (κ2) is 18.6. The van der Waals surface area contributed by atoms with Crippen LogP contribution >= 0.6 is 0 Å². The van der Waals surface area contributed by atoms with Crippen LogP contribution in [0, 0.1) is 19.3 Å². The molecular weight excluding hydrogens is 741 g/mol. The number of para-hydroxylation sites is 1. The zero-order valence-electron chi connectivity index (χ0n) is 35.1. The number of aliphatic imine (C=N–C) groups is 3. The second-order valence-electron chi connectivity index (χ2n) is 15.1. The minimum atomic E-state index is 0.427. The number of benzene rings is 5. The van der Waals surface area contributed by atoms with Gasteiger partial charge in [-0.05, 0) is 126 Å². The van der Waals surface area contributed by atoms with Crippen molar-refractivity contribution in [2.24, 2.45) is 15.0 Å². The smallest absolute Gasteiger partial charge is 0.165 e. The van der Waals surface area contributed by atoms with E-state index in [1.54, 1.807) is 0 Å². The standard InChI is InChI=1S/C57H48N4/c1-6-9-30-50-51-31-16-17-34-54(51)61(53(50)8-3)47-36-35-44-37-45-28-20-33-49(55(45)52(44)38-47)41(21-7-2)27-19-32-48-40(4)22-18-29-46(48)39-59-57(43-25-14-11-15-26-43)60-56(58-5)42-23-12-10-13-24-42/h2,9-14,16-25,27-31,33-36,38H,5-6,8,32,37,39H2,1,3-4H3/b27-19-,30-9-,41-21+,59-57-,60-56-. The monoisotopic (exact) mass is 788 g/mol. The molecule has 0 amide bonds. The van der Waals surface area contributed by atoms with Crippen LogP contribution in [0.1, 0.15) is 70.5 Å². The van der Waals surface area contributed by atoms with Crippen molar-refractivity contribution in [2.45, 2.75) is 53.0 Å². The lowest BCUT2D eigenvalue weighted by Crippen LogP contribution is -2.06. The van der Waals surface area contributed by atoms with Gasteiger partial charge in [0.05, 0.1) is 17.6 Å². The number of fused-ring (bicyclic) bond motifs is 4. The van der Waals surface area contributed by atoms with Gasteiger partial charge in [0.15, 0.2) is 11.7 Å². The lowest BCUT2D eigenvalue weighted by molar-refractivity contribution is 0.956. The number of rotatable bonds is 12. The molecule has 0 spiro atoms. The Labute approximate surface area is 360 Å². The summed E-state index contributed by atoms with van der Waals surface area (Å²) in [6.45, 7) is 10.8. The lowest BCUT2D eigenvalue weighted by Gasteiger charge is -2.15. The molecule has 0 atom stereocenters. The van der Waals surface area contributed by atoms with E-state index in [1.165, 1.54) is 61.2 Å². The Morgan fingerprint density at radius 3 is 2.52 bits per heavy atom. The van der Waals surface area contributed by atoms with E-state index in [2.05, 4.69) is 158 Å². The molecule has 0 saturated heterocycles. The number of hydrogen-bond donors (Lipinski definition) is 0. The summed E-state index contributed by atoms with van der Waals surface area (Å²) in [4.78, 5) is 14.2. The van der Waals surface area contributed by atoms with E-state index in [0.717, 1.165) is 47.1 Å². The van der Waals surface area contributed by atoms with Crippen molar-refractivity contribution >= 4 is 40.9 Å². The molecule has 0 unspecified atom stereocenters. The molecule has 6 aromatic rings. The second-order valence-corrected chi connectivity index (χ2v) is 15.1. The average molecular weight is 789 g/mol. The maximum atomic E-state index is 6.05. The van der Waals surface area contributed by atoms with Crippen LogP contribution in [-0.4, -0.2) is 23.0 Å². The van der Waals surface area contributed by atoms with Crippen molar-refractivity contribution in [2.75, 3.05) is 0 Å².